The first-order valence-corrected chi connectivity index (χ1v) is 4.90. The van der Waals surface area contributed by atoms with E-state index in [9.17, 15) is 0 Å². The van der Waals surface area contributed by atoms with Crippen LogP contribution in [0.2, 0.25) is 0 Å². The van der Waals surface area contributed by atoms with E-state index in [4.69, 9.17) is 23.2 Å². The van der Waals surface area contributed by atoms with Crippen molar-refractivity contribution in [2.75, 3.05) is 0 Å². The molecular formula is C8H16Cl2N2. The summed E-state index contributed by atoms with van der Waals surface area (Å²) in [6.45, 7) is 7.56. The minimum absolute atomic E-state index is 0.606. The molecule has 0 bridgehead atoms. The molecule has 72 valence electrons. The molecule has 0 radical (unpaired) electrons. The van der Waals surface area contributed by atoms with Crippen LogP contribution in [0.25, 0.3) is 0 Å². The molecule has 4 heteroatoms. The van der Waals surface area contributed by atoms with Gasteiger partial charge >= 0.3 is 0 Å². The van der Waals surface area contributed by atoms with Gasteiger partial charge in [0.05, 0.1) is 0 Å². The fourth-order valence-electron chi connectivity index (χ4n) is 0.350. The Hall–Kier alpha value is 0.180. The maximum atomic E-state index is 5.96. The van der Waals surface area contributed by atoms with Gasteiger partial charge in [0.15, 0.2) is 10.00 Å². The van der Waals surface area contributed by atoms with Crippen LogP contribution in [-0.4, -0.2) is 10.00 Å². The number of alkyl halides is 2. The quantitative estimate of drug-likeness (QED) is 0.378. The molecule has 0 aromatic heterocycles. The van der Waals surface area contributed by atoms with Gasteiger partial charge in [0.25, 0.3) is 0 Å². The van der Waals surface area contributed by atoms with Crippen LogP contribution in [0.5, 0.6) is 0 Å². The van der Waals surface area contributed by atoms with Gasteiger partial charge in [-0.2, -0.15) is 10.2 Å². The zero-order valence-electron chi connectivity index (χ0n) is 8.06. The summed E-state index contributed by atoms with van der Waals surface area (Å²) in [5.41, 5.74) is 0. The topological polar surface area (TPSA) is 24.7 Å². The first kappa shape index (κ1) is 12.2. The highest BCUT2D eigenvalue weighted by atomic mass is 35.5. The van der Waals surface area contributed by atoms with Crippen LogP contribution in [0.1, 0.15) is 40.5 Å². The molecule has 0 spiro atoms. The van der Waals surface area contributed by atoms with E-state index in [0.29, 0.717) is 0 Å². The van der Waals surface area contributed by atoms with Crippen molar-refractivity contribution in [3.05, 3.63) is 0 Å². The molecule has 2 atom stereocenters. The molecule has 12 heavy (non-hydrogen) atoms. The maximum Gasteiger partial charge on any atom is 0.151 e. The fourth-order valence-corrected chi connectivity index (χ4v) is 0.426. The normalized spacial score (nSPS) is 22.2. The molecule has 0 fully saturated rings. The number of nitrogens with zero attached hydrogens (tertiary/aromatic N) is 2. The number of rotatable bonds is 4. The Morgan fingerprint density at radius 3 is 1.33 bits per heavy atom. The highest BCUT2D eigenvalue weighted by molar-refractivity contribution is 6.24. The summed E-state index contributed by atoms with van der Waals surface area (Å²) in [4.78, 5) is -1.21. The molecule has 2 nitrogen and oxygen atoms in total. The van der Waals surface area contributed by atoms with E-state index in [2.05, 4.69) is 10.2 Å². The second-order valence-electron chi connectivity index (χ2n) is 3.19. The SMILES string of the molecule is CCC(C)(Cl)/N=N/C(C)(Cl)CC. The minimum atomic E-state index is -0.606. The number of hydrogen-bond donors (Lipinski definition) is 0. The van der Waals surface area contributed by atoms with Gasteiger partial charge in [0, 0.05) is 0 Å². The predicted octanol–water partition coefficient (Wildman–Crippen LogP) is 4.17. The Bertz CT molecular complexity index is 146. The van der Waals surface area contributed by atoms with E-state index in [1.807, 2.05) is 27.7 Å². The highest BCUT2D eigenvalue weighted by Crippen LogP contribution is 2.26. The second kappa shape index (κ2) is 4.43. The molecule has 0 rings (SSSR count). The summed E-state index contributed by atoms with van der Waals surface area (Å²) in [5, 5.41) is 7.95. The lowest BCUT2D eigenvalue weighted by Gasteiger charge is -2.17. The van der Waals surface area contributed by atoms with Crippen LogP contribution in [-0.2, 0) is 0 Å². The lowest BCUT2D eigenvalue weighted by molar-refractivity contribution is 0.525. The van der Waals surface area contributed by atoms with Crippen LogP contribution >= 0.6 is 23.2 Å². The van der Waals surface area contributed by atoms with Crippen LogP contribution < -0.4 is 0 Å². The van der Waals surface area contributed by atoms with E-state index in [1.54, 1.807) is 0 Å². The van der Waals surface area contributed by atoms with Gasteiger partial charge in [0.1, 0.15) is 0 Å². The zero-order valence-corrected chi connectivity index (χ0v) is 9.58. The lowest BCUT2D eigenvalue weighted by atomic mass is 10.2. The largest absolute Gasteiger partial charge is 0.170 e. The third kappa shape index (κ3) is 4.94. The van der Waals surface area contributed by atoms with Crippen molar-refractivity contribution in [3.63, 3.8) is 0 Å². The van der Waals surface area contributed by atoms with Crippen molar-refractivity contribution in [2.45, 2.75) is 50.5 Å². The van der Waals surface area contributed by atoms with Gasteiger partial charge in [0.2, 0.25) is 0 Å². The molecule has 0 amide bonds. The summed E-state index contributed by atoms with van der Waals surface area (Å²) < 4.78 is 0. The van der Waals surface area contributed by atoms with Crippen LogP contribution in [0, 0.1) is 0 Å². The monoisotopic (exact) mass is 210 g/mol. The van der Waals surface area contributed by atoms with Gasteiger partial charge in [-0.25, -0.2) is 0 Å². The van der Waals surface area contributed by atoms with E-state index in [0.717, 1.165) is 12.8 Å². The predicted molar refractivity (Wildman–Crippen MR) is 54.0 cm³/mol. The smallest absolute Gasteiger partial charge is 0.151 e. The average Bonchev–Trinajstić information content (AvgIpc) is 2.02. The number of azo groups is 1. The Kier molecular flexibility index (Phi) is 4.49. The molecule has 0 aromatic rings. The Balaban J connectivity index is 4.23. The second-order valence-corrected chi connectivity index (χ2v) is 4.82. The van der Waals surface area contributed by atoms with Crippen LogP contribution in [0.4, 0.5) is 0 Å². The molecule has 0 saturated carbocycles. The van der Waals surface area contributed by atoms with Gasteiger partial charge in [-0.1, -0.05) is 37.0 Å². The van der Waals surface area contributed by atoms with Crippen LogP contribution in [0.3, 0.4) is 0 Å². The summed E-state index contributed by atoms with van der Waals surface area (Å²) in [5.74, 6) is 0. The maximum absolute atomic E-state index is 5.96. The Morgan fingerprint density at radius 1 is 0.917 bits per heavy atom. The molecule has 0 aliphatic carbocycles. The number of halogens is 2. The van der Waals surface area contributed by atoms with Crippen molar-refractivity contribution in [1.82, 2.24) is 0 Å². The van der Waals surface area contributed by atoms with Crippen molar-refractivity contribution in [1.29, 1.82) is 0 Å². The lowest BCUT2D eigenvalue weighted by Crippen LogP contribution is -2.15. The van der Waals surface area contributed by atoms with Crippen molar-refractivity contribution in [2.24, 2.45) is 10.2 Å². The van der Waals surface area contributed by atoms with Gasteiger partial charge in [-0.05, 0) is 26.7 Å². The molecular weight excluding hydrogens is 195 g/mol. The molecule has 0 aromatic carbocycles. The van der Waals surface area contributed by atoms with E-state index < -0.39 is 10.00 Å². The first-order valence-electron chi connectivity index (χ1n) is 4.15. The molecule has 0 saturated heterocycles. The standard InChI is InChI=1S/C8H16Cl2N2/c1-5-7(3,9)11-12-8(4,10)6-2/h5-6H2,1-4H3/b12-11+. The third-order valence-electron chi connectivity index (χ3n) is 1.76. The summed E-state index contributed by atoms with van der Waals surface area (Å²) in [6.07, 6.45) is 1.49. The van der Waals surface area contributed by atoms with E-state index in [1.165, 1.54) is 0 Å². The molecule has 0 aliphatic rings. The van der Waals surface area contributed by atoms with Gasteiger partial charge in [-0.15, -0.1) is 0 Å². The van der Waals surface area contributed by atoms with Crippen LogP contribution in [0.15, 0.2) is 10.2 Å². The summed E-state index contributed by atoms with van der Waals surface area (Å²) >= 11 is 11.9. The zero-order chi connectivity index (χ0) is 9.83. The molecule has 0 heterocycles. The van der Waals surface area contributed by atoms with Gasteiger partial charge < -0.3 is 0 Å². The fraction of sp³-hybridized carbons (Fsp3) is 1.00. The van der Waals surface area contributed by atoms with Crippen molar-refractivity contribution < 1.29 is 0 Å². The highest BCUT2D eigenvalue weighted by Gasteiger charge is 2.21. The van der Waals surface area contributed by atoms with E-state index >= 15 is 0 Å². The van der Waals surface area contributed by atoms with Crippen molar-refractivity contribution in [3.8, 4) is 0 Å². The molecule has 2 unspecified atom stereocenters. The molecule has 0 aliphatic heterocycles. The summed E-state index contributed by atoms with van der Waals surface area (Å²) in [6, 6.07) is 0. The minimum Gasteiger partial charge on any atom is -0.170 e. The Morgan fingerprint density at radius 2 is 1.17 bits per heavy atom. The van der Waals surface area contributed by atoms with E-state index in [-0.39, 0.29) is 0 Å². The number of hydrogen-bond acceptors (Lipinski definition) is 2. The first-order chi connectivity index (χ1) is 5.33. The molecule has 0 N–H and O–H groups in total. The average molecular weight is 211 g/mol. The van der Waals surface area contributed by atoms with Crippen molar-refractivity contribution >= 4 is 23.2 Å². The Labute approximate surface area is 84.3 Å². The van der Waals surface area contributed by atoms with Gasteiger partial charge in [-0.3, -0.25) is 0 Å². The third-order valence-corrected chi connectivity index (χ3v) is 2.44. The summed E-state index contributed by atoms with van der Waals surface area (Å²) in [7, 11) is 0.